The quantitative estimate of drug-likeness (QED) is 0.358. The molecule has 0 aliphatic carbocycles. The summed E-state index contributed by atoms with van der Waals surface area (Å²) in [4.78, 5) is 18.5. The van der Waals surface area contributed by atoms with Crippen molar-refractivity contribution in [2.45, 2.75) is 16.7 Å². The highest BCUT2D eigenvalue weighted by Gasteiger charge is 2.23. The van der Waals surface area contributed by atoms with Crippen LogP contribution in [0.5, 0.6) is 5.75 Å². The smallest absolute Gasteiger partial charge is 0.292 e. The van der Waals surface area contributed by atoms with Gasteiger partial charge in [-0.25, -0.2) is 0 Å². The lowest BCUT2D eigenvalue weighted by molar-refractivity contribution is 0.0953. The average molecular weight is 465 g/mol. The number of carbonyl (C=O) groups excluding carboxylic acids is 1. The lowest BCUT2D eigenvalue weighted by Gasteiger charge is -2.06. The van der Waals surface area contributed by atoms with Gasteiger partial charge in [0.05, 0.1) is 25.2 Å². The van der Waals surface area contributed by atoms with Gasteiger partial charge in [-0.1, -0.05) is 23.9 Å². The number of carbonyl (C=O) groups is 1. The topological polar surface area (TPSA) is 77.0 Å². The first-order valence-corrected chi connectivity index (χ1v) is 12.0. The van der Waals surface area contributed by atoms with Gasteiger partial charge in [-0.05, 0) is 54.1 Å². The fourth-order valence-electron chi connectivity index (χ4n) is 3.37. The number of furan rings is 2. The minimum absolute atomic E-state index is 0.00521. The standard InChI is InChI=1S/C24H20N2O4S2/c1-28-17-6-4-15(5-7-17)20-14-32-24(25-20)26-23(27)22-12-16-11-19(8-9-21(16)30-22)31-13-18-3-2-10-29-18/h2-12,20H,13-14H2,1H3,(H,25,26,27). The number of hydrogen-bond donors (Lipinski definition) is 1. The summed E-state index contributed by atoms with van der Waals surface area (Å²) in [5.74, 6) is 3.22. The van der Waals surface area contributed by atoms with E-state index in [4.69, 9.17) is 13.6 Å². The lowest BCUT2D eigenvalue weighted by atomic mass is 10.1. The van der Waals surface area contributed by atoms with E-state index in [9.17, 15) is 4.79 Å². The molecule has 1 unspecified atom stereocenters. The number of fused-ring (bicyclic) bond motifs is 1. The summed E-state index contributed by atoms with van der Waals surface area (Å²) in [6.07, 6.45) is 1.67. The van der Waals surface area contributed by atoms with Gasteiger partial charge in [-0.15, -0.1) is 11.8 Å². The molecule has 8 heteroatoms. The highest BCUT2D eigenvalue weighted by Crippen LogP contribution is 2.31. The van der Waals surface area contributed by atoms with Gasteiger partial charge in [0, 0.05) is 16.0 Å². The molecule has 0 saturated carbocycles. The number of nitrogens with one attached hydrogen (secondary N) is 1. The molecule has 4 aromatic rings. The summed E-state index contributed by atoms with van der Waals surface area (Å²) < 4.78 is 16.3. The summed E-state index contributed by atoms with van der Waals surface area (Å²) in [5.41, 5.74) is 1.76. The van der Waals surface area contributed by atoms with Crippen molar-refractivity contribution < 1.29 is 18.4 Å². The molecule has 1 aliphatic heterocycles. The van der Waals surface area contributed by atoms with Crippen LogP contribution in [0.4, 0.5) is 0 Å². The zero-order chi connectivity index (χ0) is 21.9. The Morgan fingerprint density at radius 2 is 2.09 bits per heavy atom. The number of nitrogens with zero attached hydrogens (tertiary/aromatic N) is 1. The lowest BCUT2D eigenvalue weighted by Crippen LogP contribution is -2.26. The van der Waals surface area contributed by atoms with Gasteiger partial charge < -0.3 is 13.6 Å². The largest absolute Gasteiger partial charge is 0.497 e. The Kier molecular flexibility index (Phi) is 5.96. The van der Waals surface area contributed by atoms with E-state index in [1.165, 1.54) is 11.8 Å². The molecule has 0 spiro atoms. The third kappa shape index (κ3) is 4.56. The predicted octanol–water partition coefficient (Wildman–Crippen LogP) is 5.90. The van der Waals surface area contributed by atoms with Gasteiger partial charge >= 0.3 is 0 Å². The van der Waals surface area contributed by atoms with Crippen molar-refractivity contribution in [1.29, 1.82) is 0 Å². The molecule has 2 aromatic carbocycles. The monoisotopic (exact) mass is 464 g/mol. The van der Waals surface area contributed by atoms with Gasteiger partial charge in [0.25, 0.3) is 5.91 Å². The molecule has 162 valence electrons. The minimum Gasteiger partial charge on any atom is -0.497 e. The molecule has 1 aliphatic rings. The fourth-order valence-corrected chi connectivity index (χ4v) is 5.17. The Bertz CT molecular complexity index is 1260. The summed E-state index contributed by atoms with van der Waals surface area (Å²) in [6.45, 7) is 0. The van der Waals surface area contributed by atoms with Crippen LogP contribution in [0.3, 0.4) is 0 Å². The first-order chi connectivity index (χ1) is 15.7. The van der Waals surface area contributed by atoms with Crippen molar-refractivity contribution in [1.82, 2.24) is 5.32 Å². The van der Waals surface area contributed by atoms with Crippen molar-refractivity contribution >= 4 is 45.6 Å². The second kappa shape index (κ2) is 9.18. The van der Waals surface area contributed by atoms with Gasteiger partial charge in [-0.3, -0.25) is 15.1 Å². The van der Waals surface area contributed by atoms with Gasteiger partial charge in [-0.2, -0.15) is 0 Å². The van der Waals surface area contributed by atoms with Crippen molar-refractivity contribution in [3.05, 3.63) is 84.0 Å². The number of amidine groups is 1. The SMILES string of the molecule is COc1ccc(C2CSC(NC(=O)c3cc4cc(SCc5ccco5)ccc4o3)=N2)cc1. The van der Waals surface area contributed by atoms with E-state index < -0.39 is 0 Å². The van der Waals surface area contributed by atoms with E-state index >= 15 is 0 Å². The summed E-state index contributed by atoms with van der Waals surface area (Å²) in [6, 6.07) is 19.3. The highest BCUT2D eigenvalue weighted by atomic mass is 32.2. The number of methoxy groups -OCH3 is 1. The first-order valence-electron chi connectivity index (χ1n) is 10.0. The van der Waals surface area contributed by atoms with Crippen molar-refractivity contribution in [2.75, 3.05) is 12.9 Å². The Hall–Kier alpha value is -3.10. The van der Waals surface area contributed by atoms with Crippen LogP contribution in [-0.2, 0) is 5.75 Å². The van der Waals surface area contributed by atoms with Crippen LogP contribution in [0.25, 0.3) is 11.0 Å². The molecule has 0 bridgehead atoms. The Balaban J connectivity index is 1.25. The number of ether oxygens (including phenoxy) is 1. The number of thioether (sulfide) groups is 2. The van der Waals surface area contributed by atoms with Crippen LogP contribution < -0.4 is 10.1 Å². The summed E-state index contributed by atoms with van der Waals surface area (Å²) >= 11 is 3.20. The fraction of sp³-hybridized carbons (Fsp3) is 0.167. The maximum Gasteiger partial charge on any atom is 0.292 e. The number of amides is 1. The van der Waals surface area contributed by atoms with Crippen LogP contribution in [0.2, 0.25) is 0 Å². The maximum atomic E-state index is 12.7. The zero-order valence-electron chi connectivity index (χ0n) is 17.2. The van der Waals surface area contributed by atoms with Crippen molar-refractivity contribution in [2.24, 2.45) is 4.99 Å². The number of benzene rings is 2. The predicted molar refractivity (Wildman–Crippen MR) is 128 cm³/mol. The van der Waals surface area contributed by atoms with Crippen LogP contribution in [0, 0.1) is 0 Å². The van der Waals surface area contributed by atoms with Gasteiger partial charge in [0.15, 0.2) is 10.9 Å². The first kappa shape index (κ1) is 20.8. The molecule has 1 amide bonds. The Labute approximate surface area is 193 Å². The van der Waals surface area contributed by atoms with Gasteiger partial charge in [0.1, 0.15) is 17.1 Å². The molecule has 0 saturated heterocycles. The second-order valence-corrected chi connectivity index (χ2v) is 9.22. The molecule has 0 radical (unpaired) electrons. The van der Waals surface area contributed by atoms with E-state index in [1.54, 1.807) is 31.2 Å². The highest BCUT2D eigenvalue weighted by molar-refractivity contribution is 8.14. The van der Waals surface area contributed by atoms with Crippen LogP contribution in [0.15, 0.2) is 85.6 Å². The Morgan fingerprint density at radius 3 is 2.88 bits per heavy atom. The normalized spacial score (nSPS) is 15.7. The minimum atomic E-state index is -0.299. The molecule has 6 nitrogen and oxygen atoms in total. The Morgan fingerprint density at radius 1 is 1.22 bits per heavy atom. The molecule has 1 N–H and O–H groups in total. The zero-order valence-corrected chi connectivity index (χ0v) is 18.9. The molecule has 3 heterocycles. The van der Waals surface area contributed by atoms with Crippen LogP contribution in [0.1, 0.15) is 27.9 Å². The third-order valence-corrected chi connectivity index (χ3v) is 7.02. The molecule has 1 atom stereocenters. The van der Waals surface area contributed by atoms with E-state index in [1.807, 2.05) is 54.6 Å². The maximum absolute atomic E-state index is 12.7. The second-order valence-electron chi connectivity index (χ2n) is 7.17. The molecular weight excluding hydrogens is 444 g/mol. The number of aliphatic imine (C=N–C) groups is 1. The molecular formula is C24H20N2O4S2. The van der Waals surface area contributed by atoms with Crippen molar-refractivity contribution in [3.8, 4) is 5.75 Å². The van der Waals surface area contributed by atoms with Crippen molar-refractivity contribution in [3.63, 3.8) is 0 Å². The third-order valence-electron chi connectivity index (χ3n) is 5.04. The molecule has 5 rings (SSSR count). The van der Waals surface area contributed by atoms with E-state index in [2.05, 4.69) is 10.3 Å². The molecule has 2 aromatic heterocycles. The molecule has 0 fully saturated rings. The van der Waals surface area contributed by atoms with E-state index in [0.29, 0.717) is 10.8 Å². The van der Waals surface area contributed by atoms with Crippen LogP contribution in [-0.4, -0.2) is 23.9 Å². The summed E-state index contributed by atoms with van der Waals surface area (Å²) in [7, 11) is 1.64. The summed E-state index contributed by atoms with van der Waals surface area (Å²) in [5, 5.41) is 4.36. The average Bonchev–Trinajstić information content (AvgIpc) is 3.58. The molecule has 32 heavy (non-hydrogen) atoms. The van der Waals surface area contributed by atoms with Crippen LogP contribution >= 0.6 is 23.5 Å². The van der Waals surface area contributed by atoms with Gasteiger partial charge in [0.2, 0.25) is 0 Å². The number of rotatable bonds is 6. The van der Waals surface area contributed by atoms with E-state index in [0.717, 1.165) is 38.9 Å². The number of hydrogen-bond acceptors (Lipinski definition) is 7. The van der Waals surface area contributed by atoms with E-state index in [-0.39, 0.29) is 17.7 Å².